The molecule has 1 aliphatic heterocycles. The van der Waals surface area contributed by atoms with Crippen LogP contribution in [0.3, 0.4) is 0 Å². The van der Waals surface area contributed by atoms with Crippen LogP contribution in [0.5, 0.6) is 5.75 Å². The first-order valence-electron chi connectivity index (χ1n) is 10.9. The van der Waals surface area contributed by atoms with E-state index in [0.29, 0.717) is 23.4 Å². The summed E-state index contributed by atoms with van der Waals surface area (Å²) < 4.78 is 5.75. The molecule has 0 bridgehead atoms. The summed E-state index contributed by atoms with van der Waals surface area (Å²) in [7, 11) is 0. The minimum atomic E-state index is -0.548. The number of piperazine rings is 1. The third-order valence-electron chi connectivity index (χ3n) is 5.76. The van der Waals surface area contributed by atoms with E-state index in [0.717, 1.165) is 36.9 Å². The fourth-order valence-electron chi connectivity index (χ4n) is 4.00. The van der Waals surface area contributed by atoms with Crippen molar-refractivity contribution in [2.45, 2.75) is 6.10 Å². The topological polar surface area (TPSA) is 54.2 Å². The lowest BCUT2D eigenvalue weighted by molar-refractivity contribution is -0.903. The largest absolute Gasteiger partial charge is 0.491 e. The van der Waals surface area contributed by atoms with E-state index < -0.39 is 6.10 Å². The van der Waals surface area contributed by atoms with Crippen LogP contribution in [0.25, 0.3) is 0 Å². The molecule has 3 aromatic rings. The van der Waals surface area contributed by atoms with E-state index >= 15 is 0 Å². The van der Waals surface area contributed by atoms with E-state index in [1.807, 2.05) is 36.4 Å². The van der Waals surface area contributed by atoms with Crippen molar-refractivity contribution in [3.63, 3.8) is 0 Å². The Morgan fingerprint density at radius 2 is 1.66 bits per heavy atom. The predicted molar refractivity (Wildman–Crippen MR) is 127 cm³/mol. The number of nitrogens with one attached hydrogen (secondary N) is 1. The van der Waals surface area contributed by atoms with Crippen molar-refractivity contribution >= 4 is 23.1 Å². The quantitative estimate of drug-likeness (QED) is 0.517. The standard InChI is InChI=1S/C26H27ClN2O3/c27-22-7-4-8-23(17-22)29-15-13-28(14-16-29)18-24(30)19-32-25-11-9-21(10-12-25)26(31)20-5-2-1-3-6-20/h1-12,17,24,30H,13-16,18-19H2/p+1/t24-/m1/s1. The molecule has 166 valence electrons. The van der Waals surface area contributed by atoms with Crippen molar-refractivity contribution in [2.24, 2.45) is 0 Å². The molecule has 2 N–H and O–H groups in total. The Labute approximate surface area is 193 Å². The van der Waals surface area contributed by atoms with Gasteiger partial charge < -0.3 is 19.6 Å². The highest BCUT2D eigenvalue weighted by Gasteiger charge is 2.23. The lowest BCUT2D eigenvalue weighted by Gasteiger charge is -2.34. The number of nitrogens with zero attached hydrogens (tertiary/aromatic N) is 1. The van der Waals surface area contributed by atoms with Gasteiger partial charge in [-0.2, -0.15) is 0 Å². The Morgan fingerprint density at radius 3 is 2.34 bits per heavy atom. The molecule has 0 radical (unpaired) electrons. The first-order chi connectivity index (χ1) is 15.6. The maximum Gasteiger partial charge on any atom is 0.193 e. The van der Waals surface area contributed by atoms with E-state index in [2.05, 4.69) is 11.0 Å². The van der Waals surface area contributed by atoms with Crippen LogP contribution >= 0.6 is 11.6 Å². The lowest BCUT2D eigenvalue weighted by Crippen LogP contribution is -3.16. The molecule has 32 heavy (non-hydrogen) atoms. The number of hydrogen-bond donors (Lipinski definition) is 2. The van der Waals surface area contributed by atoms with Crippen molar-refractivity contribution in [3.05, 3.63) is 95.0 Å². The molecule has 1 aliphatic rings. The lowest BCUT2D eigenvalue weighted by atomic mass is 10.0. The molecule has 1 saturated heterocycles. The predicted octanol–water partition coefficient (Wildman–Crippen LogP) is 2.72. The first-order valence-corrected chi connectivity index (χ1v) is 11.3. The van der Waals surface area contributed by atoms with Crippen molar-refractivity contribution < 1.29 is 19.5 Å². The van der Waals surface area contributed by atoms with Gasteiger partial charge >= 0.3 is 0 Å². The van der Waals surface area contributed by atoms with Crippen LogP contribution in [-0.4, -0.2) is 56.3 Å². The number of halogens is 1. The number of ketones is 1. The van der Waals surface area contributed by atoms with Crippen molar-refractivity contribution in [2.75, 3.05) is 44.2 Å². The van der Waals surface area contributed by atoms with Gasteiger partial charge in [0.15, 0.2) is 5.78 Å². The van der Waals surface area contributed by atoms with Crippen LogP contribution in [0.1, 0.15) is 15.9 Å². The zero-order valence-electron chi connectivity index (χ0n) is 17.9. The molecule has 0 saturated carbocycles. The molecule has 0 spiro atoms. The van der Waals surface area contributed by atoms with Gasteiger partial charge in [0, 0.05) is 21.8 Å². The molecule has 1 atom stereocenters. The minimum Gasteiger partial charge on any atom is -0.491 e. The first kappa shape index (κ1) is 22.3. The van der Waals surface area contributed by atoms with E-state index in [4.69, 9.17) is 16.3 Å². The molecular formula is C26H28ClN2O3+. The summed E-state index contributed by atoms with van der Waals surface area (Å²) in [5.74, 6) is 0.632. The molecule has 5 nitrogen and oxygen atoms in total. The smallest absolute Gasteiger partial charge is 0.193 e. The fourth-order valence-corrected chi connectivity index (χ4v) is 4.19. The molecule has 4 rings (SSSR count). The van der Waals surface area contributed by atoms with Gasteiger partial charge in [-0.1, -0.05) is 48.0 Å². The number of aliphatic hydroxyl groups is 1. The number of quaternary nitrogens is 1. The molecule has 1 fully saturated rings. The van der Waals surface area contributed by atoms with Crippen LogP contribution in [0.2, 0.25) is 5.02 Å². The Bertz CT molecular complexity index is 1020. The number of ether oxygens (including phenoxy) is 1. The van der Waals surface area contributed by atoms with Gasteiger partial charge in [-0.3, -0.25) is 4.79 Å². The highest BCUT2D eigenvalue weighted by Crippen LogP contribution is 2.19. The molecule has 0 unspecified atom stereocenters. The number of carbonyl (C=O) groups is 1. The maximum atomic E-state index is 12.5. The van der Waals surface area contributed by atoms with E-state index in [-0.39, 0.29) is 12.4 Å². The van der Waals surface area contributed by atoms with Gasteiger partial charge in [0.2, 0.25) is 0 Å². The monoisotopic (exact) mass is 451 g/mol. The van der Waals surface area contributed by atoms with E-state index in [9.17, 15) is 9.90 Å². The molecule has 6 heteroatoms. The Hall–Kier alpha value is -2.86. The third-order valence-corrected chi connectivity index (χ3v) is 6.00. The minimum absolute atomic E-state index is 0.0160. The number of benzene rings is 3. The van der Waals surface area contributed by atoms with Crippen molar-refractivity contribution in [3.8, 4) is 5.75 Å². The summed E-state index contributed by atoms with van der Waals surface area (Å²) in [6.45, 7) is 4.65. The van der Waals surface area contributed by atoms with Gasteiger partial charge in [0.25, 0.3) is 0 Å². The van der Waals surface area contributed by atoms with Crippen LogP contribution in [0, 0.1) is 0 Å². The second-order valence-electron chi connectivity index (χ2n) is 8.11. The molecule has 0 aliphatic carbocycles. The number of anilines is 1. The van der Waals surface area contributed by atoms with E-state index in [1.165, 1.54) is 4.90 Å². The Balaban J connectivity index is 1.21. The summed E-state index contributed by atoms with van der Waals surface area (Å²) in [5.41, 5.74) is 2.43. The summed E-state index contributed by atoms with van der Waals surface area (Å²) in [6, 6.07) is 24.2. The molecular weight excluding hydrogens is 424 g/mol. The SMILES string of the molecule is O=C(c1ccccc1)c1ccc(OC[C@H](O)C[NH+]2CCN(c3cccc(Cl)c3)CC2)cc1. The highest BCUT2D eigenvalue weighted by atomic mass is 35.5. The summed E-state index contributed by atoms with van der Waals surface area (Å²) in [6.07, 6.45) is -0.548. The zero-order chi connectivity index (χ0) is 22.3. The second kappa shape index (κ2) is 10.6. The van der Waals surface area contributed by atoms with Gasteiger partial charge in [-0.15, -0.1) is 0 Å². The van der Waals surface area contributed by atoms with Gasteiger partial charge in [0.05, 0.1) is 26.2 Å². The zero-order valence-corrected chi connectivity index (χ0v) is 18.7. The van der Waals surface area contributed by atoms with Crippen LogP contribution in [-0.2, 0) is 0 Å². The van der Waals surface area contributed by atoms with E-state index in [1.54, 1.807) is 36.4 Å². The van der Waals surface area contributed by atoms with Crippen LogP contribution < -0.4 is 14.5 Å². The van der Waals surface area contributed by atoms with Gasteiger partial charge in [-0.25, -0.2) is 0 Å². The second-order valence-corrected chi connectivity index (χ2v) is 8.54. The van der Waals surface area contributed by atoms with Crippen molar-refractivity contribution in [1.29, 1.82) is 0 Å². The fraction of sp³-hybridized carbons (Fsp3) is 0.269. The van der Waals surface area contributed by atoms with Crippen molar-refractivity contribution in [1.82, 2.24) is 0 Å². The number of hydrogen-bond acceptors (Lipinski definition) is 4. The average molecular weight is 452 g/mol. The summed E-state index contributed by atoms with van der Waals surface area (Å²) in [4.78, 5) is 16.2. The molecule has 1 heterocycles. The third kappa shape index (κ3) is 5.88. The van der Waals surface area contributed by atoms with Crippen LogP contribution in [0.15, 0.2) is 78.9 Å². The summed E-state index contributed by atoms with van der Waals surface area (Å²) in [5, 5.41) is 11.2. The molecule has 3 aromatic carbocycles. The normalized spacial score (nSPS) is 15.4. The Kier molecular flexibility index (Phi) is 7.43. The maximum absolute atomic E-state index is 12.5. The Morgan fingerprint density at radius 1 is 0.969 bits per heavy atom. The highest BCUT2D eigenvalue weighted by molar-refractivity contribution is 6.30. The number of aliphatic hydroxyl groups excluding tert-OH is 1. The molecule has 0 aromatic heterocycles. The van der Waals surface area contributed by atoms with Gasteiger partial charge in [-0.05, 0) is 42.5 Å². The number of carbonyl (C=O) groups excluding carboxylic acids is 1. The average Bonchev–Trinajstić information content (AvgIpc) is 2.84. The van der Waals surface area contributed by atoms with Crippen LogP contribution in [0.4, 0.5) is 5.69 Å². The van der Waals surface area contributed by atoms with Gasteiger partial charge in [0.1, 0.15) is 25.0 Å². The number of rotatable bonds is 8. The molecule has 0 amide bonds. The summed E-state index contributed by atoms with van der Waals surface area (Å²) >= 11 is 6.10.